The summed E-state index contributed by atoms with van der Waals surface area (Å²) < 4.78 is 12.3. The highest BCUT2D eigenvalue weighted by molar-refractivity contribution is 9.10. The van der Waals surface area contributed by atoms with Crippen LogP contribution in [0.1, 0.15) is 11.1 Å². The summed E-state index contributed by atoms with van der Waals surface area (Å²) in [6, 6.07) is 19.5. The molecule has 0 aliphatic carbocycles. The van der Waals surface area contributed by atoms with Crippen molar-refractivity contribution in [3.05, 3.63) is 87.4 Å². The Balaban J connectivity index is 1.65. The van der Waals surface area contributed by atoms with Crippen LogP contribution in [0, 0.1) is 0 Å². The van der Waals surface area contributed by atoms with E-state index in [0.717, 1.165) is 10.0 Å². The highest BCUT2D eigenvalue weighted by Gasteiger charge is 2.14. The molecule has 7 nitrogen and oxygen atoms in total. The van der Waals surface area contributed by atoms with Gasteiger partial charge >= 0.3 is 11.8 Å². The predicted molar refractivity (Wildman–Crippen MR) is 127 cm³/mol. The van der Waals surface area contributed by atoms with Gasteiger partial charge < -0.3 is 14.8 Å². The molecule has 0 heterocycles. The lowest BCUT2D eigenvalue weighted by molar-refractivity contribution is -0.136. The van der Waals surface area contributed by atoms with Gasteiger partial charge in [0.2, 0.25) is 0 Å². The Hall–Kier alpha value is -3.36. The standard InChI is InChI=1S/C23H19BrClN3O4/c1-31-20-7-2-4-16(21(20)32-14-15-8-10-17(24)11-9-15)13-26-28-23(30)22(29)27-19-6-3-5-18(25)12-19/h2-13H,14H2,1H3,(H,27,29)(H,28,30)/b26-13-. The molecule has 0 aromatic heterocycles. The monoisotopic (exact) mass is 515 g/mol. The second-order valence-electron chi connectivity index (χ2n) is 6.46. The number of hydrazone groups is 1. The van der Waals surface area contributed by atoms with E-state index in [4.69, 9.17) is 21.1 Å². The van der Waals surface area contributed by atoms with Crippen LogP contribution in [0.15, 0.2) is 76.3 Å². The van der Waals surface area contributed by atoms with Crippen LogP contribution in [0.5, 0.6) is 11.5 Å². The minimum absolute atomic E-state index is 0.308. The lowest BCUT2D eigenvalue weighted by Gasteiger charge is -2.13. The van der Waals surface area contributed by atoms with Gasteiger partial charge in [0.15, 0.2) is 11.5 Å². The Bertz CT molecular complexity index is 1140. The third kappa shape index (κ3) is 6.57. The molecule has 0 aliphatic rings. The van der Waals surface area contributed by atoms with E-state index in [9.17, 15) is 9.59 Å². The first-order valence-electron chi connectivity index (χ1n) is 9.40. The molecule has 2 amide bonds. The fourth-order valence-corrected chi connectivity index (χ4v) is 3.11. The van der Waals surface area contributed by atoms with Crippen molar-refractivity contribution in [2.45, 2.75) is 6.61 Å². The van der Waals surface area contributed by atoms with Crippen molar-refractivity contribution in [1.29, 1.82) is 0 Å². The fourth-order valence-electron chi connectivity index (χ4n) is 2.65. The van der Waals surface area contributed by atoms with E-state index < -0.39 is 11.8 Å². The van der Waals surface area contributed by atoms with Crippen molar-refractivity contribution >= 4 is 51.2 Å². The van der Waals surface area contributed by atoms with Crippen molar-refractivity contribution in [2.24, 2.45) is 5.10 Å². The van der Waals surface area contributed by atoms with Crippen LogP contribution in [0.3, 0.4) is 0 Å². The molecule has 0 unspecified atom stereocenters. The number of anilines is 1. The quantitative estimate of drug-likeness (QED) is 0.269. The van der Waals surface area contributed by atoms with Crippen LogP contribution in [-0.4, -0.2) is 25.1 Å². The number of rotatable bonds is 7. The highest BCUT2D eigenvalue weighted by atomic mass is 79.9. The van der Waals surface area contributed by atoms with Gasteiger partial charge in [-0.1, -0.05) is 51.8 Å². The lowest BCUT2D eigenvalue weighted by atomic mass is 10.2. The summed E-state index contributed by atoms with van der Waals surface area (Å²) in [6.07, 6.45) is 1.38. The number of amides is 2. The number of hydrogen-bond donors (Lipinski definition) is 2. The molecular weight excluding hydrogens is 498 g/mol. The first-order chi connectivity index (χ1) is 15.5. The van der Waals surface area contributed by atoms with E-state index in [1.165, 1.54) is 19.4 Å². The molecule has 3 aromatic rings. The minimum Gasteiger partial charge on any atom is -0.493 e. The van der Waals surface area contributed by atoms with Gasteiger partial charge in [0, 0.05) is 20.7 Å². The van der Waals surface area contributed by atoms with Crippen molar-refractivity contribution < 1.29 is 19.1 Å². The predicted octanol–water partition coefficient (Wildman–Crippen LogP) is 4.78. The molecule has 0 fully saturated rings. The van der Waals surface area contributed by atoms with Crippen LogP contribution in [-0.2, 0) is 16.2 Å². The number of halogens is 2. The Morgan fingerprint density at radius 3 is 2.53 bits per heavy atom. The second-order valence-corrected chi connectivity index (χ2v) is 7.81. The van der Waals surface area contributed by atoms with Gasteiger partial charge in [-0.25, -0.2) is 5.43 Å². The third-order valence-electron chi connectivity index (χ3n) is 4.18. The zero-order valence-corrected chi connectivity index (χ0v) is 19.3. The molecule has 0 saturated carbocycles. The minimum atomic E-state index is -0.929. The normalized spacial score (nSPS) is 10.6. The van der Waals surface area contributed by atoms with Crippen LogP contribution >= 0.6 is 27.5 Å². The van der Waals surface area contributed by atoms with E-state index in [-0.39, 0.29) is 0 Å². The maximum absolute atomic E-state index is 12.0. The van der Waals surface area contributed by atoms with Crippen molar-refractivity contribution in [1.82, 2.24) is 5.43 Å². The van der Waals surface area contributed by atoms with Crippen LogP contribution in [0.25, 0.3) is 0 Å². The molecule has 0 aliphatic heterocycles. The van der Waals surface area contributed by atoms with Gasteiger partial charge in [-0.05, 0) is 48.0 Å². The lowest BCUT2D eigenvalue weighted by Crippen LogP contribution is -2.32. The van der Waals surface area contributed by atoms with Crippen LogP contribution in [0.2, 0.25) is 5.02 Å². The SMILES string of the molecule is COc1cccc(/C=N\NC(=O)C(=O)Nc2cccc(Cl)c2)c1OCc1ccc(Br)cc1. The second kappa shape index (κ2) is 11.3. The Morgan fingerprint density at radius 2 is 1.81 bits per heavy atom. The molecule has 164 valence electrons. The number of carbonyl (C=O) groups excluding carboxylic acids is 2. The number of nitrogens with zero attached hydrogens (tertiary/aromatic N) is 1. The molecule has 0 bridgehead atoms. The molecule has 0 spiro atoms. The highest BCUT2D eigenvalue weighted by Crippen LogP contribution is 2.31. The summed E-state index contributed by atoms with van der Waals surface area (Å²) in [6.45, 7) is 0.308. The topological polar surface area (TPSA) is 89.0 Å². The number of ether oxygens (including phenoxy) is 2. The van der Waals surface area contributed by atoms with E-state index in [1.54, 1.807) is 36.4 Å². The van der Waals surface area contributed by atoms with Crippen molar-refractivity contribution in [3.63, 3.8) is 0 Å². The largest absolute Gasteiger partial charge is 0.493 e. The first-order valence-corrected chi connectivity index (χ1v) is 10.6. The summed E-state index contributed by atoms with van der Waals surface area (Å²) in [5.74, 6) is -0.835. The molecule has 2 N–H and O–H groups in total. The number of carbonyl (C=O) groups is 2. The van der Waals surface area contributed by atoms with Gasteiger partial charge in [-0.2, -0.15) is 5.10 Å². The number of hydrogen-bond acceptors (Lipinski definition) is 5. The van der Waals surface area contributed by atoms with Crippen LogP contribution in [0.4, 0.5) is 5.69 Å². The molecule has 0 radical (unpaired) electrons. The summed E-state index contributed by atoms with van der Waals surface area (Å²) in [5.41, 5.74) is 4.13. The maximum atomic E-state index is 12.0. The van der Waals surface area contributed by atoms with Crippen molar-refractivity contribution in [3.8, 4) is 11.5 Å². The summed E-state index contributed by atoms with van der Waals surface area (Å²) in [4.78, 5) is 24.1. The van der Waals surface area contributed by atoms with E-state index in [1.807, 2.05) is 24.3 Å². The molecule has 9 heteroatoms. The summed E-state index contributed by atoms with van der Waals surface area (Å²) in [7, 11) is 1.53. The molecule has 3 rings (SSSR count). The summed E-state index contributed by atoms with van der Waals surface area (Å²) in [5, 5.41) is 6.76. The Morgan fingerprint density at radius 1 is 1.06 bits per heavy atom. The first kappa shape index (κ1) is 23.3. The number of benzene rings is 3. The van der Waals surface area contributed by atoms with Gasteiger partial charge in [-0.3, -0.25) is 9.59 Å². The third-order valence-corrected chi connectivity index (χ3v) is 4.95. The van der Waals surface area contributed by atoms with Crippen molar-refractivity contribution in [2.75, 3.05) is 12.4 Å². The average molecular weight is 517 g/mol. The van der Waals surface area contributed by atoms with E-state index in [2.05, 4.69) is 31.8 Å². The molecule has 32 heavy (non-hydrogen) atoms. The maximum Gasteiger partial charge on any atom is 0.329 e. The molecule has 0 saturated heterocycles. The van der Waals surface area contributed by atoms with Gasteiger partial charge in [0.25, 0.3) is 0 Å². The molecular formula is C23H19BrClN3O4. The molecule has 3 aromatic carbocycles. The number of nitrogens with one attached hydrogen (secondary N) is 2. The zero-order valence-electron chi connectivity index (χ0n) is 17.0. The average Bonchev–Trinajstić information content (AvgIpc) is 2.79. The number of para-hydroxylation sites is 1. The summed E-state index contributed by atoms with van der Waals surface area (Å²) >= 11 is 9.27. The van der Waals surface area contributed by atoms with E-state index in [0.29, 0.717) is 34.4 Å². The Labute approximate surface area is 198 Å². The Kier molecular flexibility index (Phi) is 8.24. The van der Waals surface area contributed by atoms with E-state index >= 15 is 0 Å². The number of methoxy groups -OCH3 is 1. The van der Waals surface area contributed by atoms with Gasteiger partial charge in [0.1, 0.15) is 6.61 Å². The zero-order chi connectivity index (χ0) is 22.9. The van der Waals surface area contributed by atoms with Crippen LogP contribution < -0.4 is 20.2 Å². The van der Waals surface area contributed by atoms with Gasteiger partial charge in [0.05, 0.1) is 13.3 Å². The smallest absolute Gasteiger partial charge is 0.329 e. The van der Waals surface area contributed by atoms with Gasteiger partial charge in [-0.15, -0.1) is 0 Å². The molecule has 0 atom stereocenters. The fraction of sp³-hybridized carbons (Fsp3) is 0.0870.